The summed E-state index contributed by atoms with van der Waals surface area (Å²) < 4.78 is 0. The highest BCUT2D eigenvalue weighted by Gasteiger charge is 2.07. The van der Waals surface area contributed by atoms with E-state index >= 15 is 0 Å². The van der Waals surface area contributed by atoms with Crippen molar-refractivity contribution in [3.8, 4) is 0 Å². The SMILES string of the molecule is C[C@@H](NC(=O)CCBr)c1ccncc1. The van der Waals surface area contributed by atoms with E-state index in [2.05, 4.69) is 26.2 Å². The zero-order chi connectivity index (χ0) is 10.4. The van der Waals surface area contributed by atoms with Gasteiger partial charge in [-0.25, -0.2) is 0 Å². The van der Waals surface area contributed by atoms with Crippen molar-refractivity contribution in [3.05, 3.63) is 30.1 Å². The average molecular weight is 257 g/mol. The van der Waals surface area contributed by atoms with Crippen LogP contribution in [0.25, 0.3) is 0 Å². The Bertz CT molecular complexity index is 289. The molecule has 0 aliphatic heterocycles. The summed E-state index contributed by atoms with van der Waals surface area (Å²) >= 11 is 3.23. The number of nitrogens with one attached hydrogen (secondary N) is 1. The van der Waals surface area contributed by atoms with Crippen molar-refractivity contribution in [2.75, 3.05) is 5.33 Å². The highest BCUT2D eigenvalue weighted by molar-refractivity contribution is 9.09. The molecule has 1 heterocycles. The number of nitrogens with zero attached hydrogens (tertiary/aromatic N) is 1. The number of rotatable bonds is 4. The van der Waals surface area contributed by atoms with Crippen LogP contribution < -0.4 is 5.32 Å². The van der Waals surface area contributed by atoms with Crippen LogP contribution >= 0.6 is 15.9 Å². The van der Waals surface area contributed by atoms with E-state index in [0.717, 1.165) is 5.56 Å². The molecule has 0 unspecified atom stereocenters. The van der Waals surface area contributed by atoms with E-state index in [1.807, 2.05) is 19.1 Å². The van der Waals surface area contributed by atoms with Crippen LogP contribution in [0.3, 0.4) is 0 Å². The van der Waals surface area contributed by atoms with Gasteiger partial charge in [0.15, 0.2) is 0 Å². The van der Waals surface area contributed by atoms with Crippen LogP contribution in [-0.2, 0) is 4.79 Å². The Labute approximate surface area is 92.1 Å². The van der Waals surface area contributed by atoms with Crippen LogP contribution in [0.1, 0.15) is 24.9 Å². The van der Waals surface area contributed by atoms with E-state index in [-0.39, 0.29) is 11.9 Å². The third-order valence-corrected chi connectivity index (χ3v) is 2.30. The Morgan fingerprint density at radius 2 is 2.21 bits per heavy atom. The van der Waals surface area contributed by atoms with Gasteiger partial charge < -0.3 is 5.32 Å². The second kappa shape index (κ2) is 5.75. The predicted octanol–water partition coefficient (Wildman–Crippen LogP) is 2.04. The first kappa shape index (κ1) is 11.2. The number of hydrogen-bond donors (Lipinski definition) is 1. The average Bonchev–Trinajstić information content (AvgIpc) is 2.19. The maximum absolute atomic E-state index is 11.3. The number of aromatic nitrogens is 1. The van der Waals surface area contributed by atoms with E-state index in [1.165, 1.54) is 0 Å². The lowest BCUT2D eigenvalue weighted by Gasteiger charge is -2.13. The Kier molecular flexibility index (Phi) is 4.59. The van der Waals surface area contributed by atoms with Crippen molar-refractivity contribution >= 4 is 21.8 Å². The van der Waals surface area contributed by atoms with Gasteiger partial charge in [-0.2, -0.15) is 0 Å². The predicted molar refractivity (Wildman–Crippen MR) is 59.2 cm³/mol. The van der Waals surface area contributed by atoms with Crippen LogP contribution in [0.4, 0.5) is 0 Å². The highest BCUT2D eigenvalue weighted by Crippen LogP contribution is 2.10. The number of hydrogen-bond acceptors (Lipinski definition) is 2. The van der Waals surface area contributed by atoms with E-state index in [4.69, 9.17) is 0 Å². The molecule has 0 saturated heterocycles. The summed E-state index contributed by atoms with van der Waals surface area (Å²) in [5.74, 6) is 0.0613. The van der Waals surface area contributed by atoms with Crippen LogP contribution in [0.5, 0.6) is 0 Å². The molecule has 3 nitrogen and oxygen atoms in total. The molecule has 0 aromatic carbocycles. The van der Waals surface area contributed by atoms with Crippen molar-refractivity contribution in [1.29, 1.82) is 0 Å². The first-order valence-corrected chi connectivity index (χ1v) is 5.61. The molecule has 1 atom stereocenters. The molecule has 14 heavy (non-hydrogen) atoms. The lowest BCUT2D eigenvalue weighted by molar-refractivity contribution is -0.121. The maximum Gasteiger partial charge on any atom is 0.221 e. The van der Waals surface area contributed by atoms with Gasteiger partial charge in [0, 0.05) is 24.1 Å². The number of pyridine rings is 1. The molecular formula is C10H13BrN2O. The second-order valence-electron chi connectivity index (χ2n) is 3.01. The minimum atomic E-state index is 0.0459. The molecule has 0 saturated carbocycles. The van der Waals surface area contributed by atoms with Crippen LogP contribution in [0.15, 0.2) is 24.5 Å². The third-order valence-electron chi connectivity index (χ3n) is 1.91. The molecule has 76 valence electrons. The standard InChI is InChI=1S/C10H13BrN2O/c1-8(13-10(14)2-5-11)9-3-6-12-7-4-9/h3-4,6-8H,2,5H2,1H3,(H,13,14)/t8-/m1/s1. The summed E-state index contributed by atoms with van der Waals surface area (Å²) in [5.41, 5.74) is 1.07. The lowest BCUT2D eigenvalue weighted by Crippen LogP contribution is -2.26. The van der Waals surface area contributed by atoms with E-state index < -0.39 is 0 Å². The zero-order valence-electron chi connectivity index (χ0n) is 8.03. The molecular weight excluding hydrogens is 244 g/mol. The number of carbonyl (C=O) groups is 1. The van der Waals surface area contributed by atoms with Gasteiger partial charge in [-0.05, 0) is 24.6 Å². The van der Waals surface area contributed by atoms with Gasteiger partial charge in [0.1, 0.15) is 0 Å². The summed E-state index contributed by atoms with van der Waals surface area (Å²) in [6, 6.07) is 3.85. The Hall–Kier alpha value is -0.900. The summed E-state index contributed by atoms with van der Waals surface area (Å²) in [6.07, 6.45) is 3.96. The zero-order valence-corrected chi connectivity index (χ0v) is 9.62. The minimum Gasteiger partial charge on any atom is -0.350 e. The van der Waals surface area contributed by atoms with Crippen molar-refractivity contribution in [3.63, 3.8) is 0 Å². The van der Waals surface area contributed by atoms with Crippen LogP contribution in [0, 0.1) is 0 Å². The smallest absolute Gasteiger partial charge is 0.221 e. The Morgan fingerprint density at radius 1 is 1.57 bits per heavy atom. The summed E-state index contributed by atoms with van der Waals surface area (Å²) in [5, 5.41) is 3.60. The van der Waals surface area contributed by atoms with Crippen molar-refractivity contribution < 1.29 is 4.79 Å². The molecule has 0 aliphatic rings. The number of halogens is 1. The Balaban J connectivity index is 2.50. The first-order valence-electron chi connectivity index (χ1n) is 4.49. The van der Waals surface area contributed by atoms with Gasteiger partial charge in [0.25, 0.3) is 0 Å². The second-order valence-corrected chi connectivity index (χ2v) is 3.80. The fraction of sp³-hybridized carbons (Fsp3) is 0.400. The van der Waals surface area contributed by atoms with Crippen molar-refractivity contribution in [2.24, 2.45) is 0 Å². The molecule has 1 rings (SSSR count). The number of carbonyl (C=O) groups excluding carboxylic acids is 1. The normalized spacial score (nSPS) is 12.1. The third kappa shape index (κ3) is 3.46. The van der Waals surface area contributed by atoms with Crippen molar-refractivity contribution in [2.45, 2.75) is 19.4 Å². The molecule has 1 N–H and O–H groups in total. The van der Waals surface area contributed by atoms with Crippen molar-refractivity contribution in [1.82, 2.24) is 10.3 Å². The van der Waals surface area contributed by atoms with Gasteiger partial charge in [-0.3, -0.25) is 9.78 Å². The summed E-state index contributed by atoms with van der Waals surface area (Å²) in [4.78, 5) is 15.2. The highest BCUT2D eigenvalue weighted by atomic mass is 79.9. The van der Waals surface area contributed by atoms with Crippen LogP contribution in [-0.4, -0.2) is 16.2 Å². The van der Waals surface area contributed by atoms with Gasteiger partial charge >= 0.3 is 0 Å². The molecule has 0 radical (unpaired) electrons. The topological polar surface area (TPSA) is 42.0 Å². The molecule has 0 bridgehead atoms. The van der Waals surface area contributed by atoms with E-state index in [9.17, 15) is 4.79 Å². The lowest BCUT2D eigenvalue weighted by atomic mass is 10.1. The van der Waals surface area contributed by atoms with E-state index in [0.29, 0.717) is 11.8 Å². The van der Waals surface area contributed by atoms with E-state index in [1.54, 1.807) is 12.4 Å². The molecule has 0 spiro atoms. The molecule has 4 heteroatoms. The largest absolute Gasteiger partial charge is 0.350 e. The fourth-order valence-corrected chi connectivity index (χ4v) is 1.50. The van der Waals surface area contributed by atoms with Gasteiger partial charge in [0.05, 0.1) is 6.04 Å². The maximum atomic E-state index is 11.3. The Morgan fingerprint density at radius 3 is 2.79 bits per heavy atom. The monoisotopic (exact) mass is 256 g/mol. The number of alkyl halides is 1. The van der Waals surface area contributed by atoms with Gasteiger partial charge in [-0.15, -0.1) is 0 Å². The molecule has 1 amide bonds. The molecule has 1 aromatic rings. The van der Waals surface area contributed by atoms with Gasteiger partial charge in [0.2, 0.25) is 5.91 Å². The van der Waals surface area contributed by atoms with Crippen LogP contribution in [0.2, 0.25) is 0 Å². The molecule has 0 aliphatic carbocycles. The minimum absolute atomic E-state index is 0.0459. The van der Waals surface area contributed by atoms with Gasteiger partial charge in [-0.1, -0.05) is 15.9 Å². The first-order chi connectivity index (χ1) is 6.74. The summed E-state index contributed by atoms with van der Waals surface area (Å²) in [7, 11) is 0. The molecule has 0 fully saturated rings. The number of amides is 1. The summed E-state index contributed by atoms with van der Waals surface area (Å²) in [6.45, 7) is 1.96. The fourth-order valence-electron chi connectivity index (χ4n) is 1.13. The molecule has 1 aromatic heterocycles. The quantitative estimate of drug-likeness (QED) is 0.839.